The van der Waals surface area contributed by atoms with Crippen LogP contribution in [0.5, 0.6) is 0 Å². The number of hydrogen-bond donors (Lipinski definition) is 0. The number of carbonyl (C=O) groups excluding carboxylic acids is 1. The number of rotatable bonds is 1. The van der Waals surface area contributed by atoms with Gasteiger partial charge in [0.1, 0.15) is 5.78 Å². The Morgan fingerprint density at radius 3 is 2.14 bits per heavy atom. The van der Waals surface area contributed by atoms with E-state index >= 15 is 0 Å². The average Bonchev–Trinajstić information content (AvgIpc) is 2.58. The first kappa shape index (κ1) is 10.2. The van der Waals surface area contributed by atoms with E-state index in [2.05, 4.69) is 20.8 Å². The zero-order valence-electron chi connectivity index (χ0n) is 9.84. The third kappa shape index (κ3) is 1.41. The molecule has 2 rings (SSSR count). The molecule has 80 valence electrons. The van der Waals surface area contributed by atoms with Gasteiger partial charge in [-0.25, -0.2) is 0 Å². The van der Waals surface area contributed by atoms with Crippen LogP contribution in [0.1, 0.15) is 47.0 Å². The van der Waals surface area contributed by atoms with E-state index in [4.69, 9.17) is 0 Å². The van der Waals surface area contributed by atoms with Crippen LogP contribution in [0.4, 0.5) is 0 Å². The van der Waals surface area contributed by atoms with E-state index in [1.54, 1.807) is 6.92 Å². The lowest BCUT2D eigenvalue weighted by Crippen LogP contribution is -2.36. The summed E-state index contributed by atoms with van der Waals surface area (Å²) in [5.74, 6) is 3.04. The fourth-order valence-corrected chi connectivity index (χ4v) is 4.12. The predicted molar refractivity (Wildman–Crippen MR) is 57.9 cm³/mol. The second kappa shape index (κ2) is 3.08. The van der Waals surface area contributed by atoms with Gasteiger partial charge in [0.25, 0.3) is 0 Å². The molecule has 0 aliphatic heterocycles. The molecule has 0 heterocycles. The molecule has 4 unspecified atom stereocenters. The van der Waals surface area contributed by atoms with Gasteiger partial charge in [-0.2, -0.15) is 0 Å². The van der Waals surface area contributed by atoms with E-state index in [0.717, 1.165) is 11.8 Å². The van der Waals surface area contributed by atoms with Crippen LogP contribution < -0.4 is 0 Å². The van der Waals surface area contributed by atoms with Crippen LogP contribution in [0.15, 0.2) is 0 Å². The Kier molecular flexibility index (Phi) is 2.24. The summed E-state index contributed by atoms with van der Waals surface area (Å²) in [7, 11) is 0. The smallest absolute Gasteiger partial charge is 0.133 e. The molecule has 0 spiro atoms. The molecule has 0 amide bonds. The molecule has 2 saturated carbocycles. The Hall–Kier alpha value is -0.330. The highest BCUT2D eigenvalue weighted by Gasteiger charge is 2.53. The highest BCUT2D eigenvalue weighted by molar-refractivity contribution is 5.79. The molecule has 0 radical (unpaired) electrons. The summed E-state index contributed by atoms with van der Waals surface area (Å²) in [4.78, 5) is 11.7. The van der Waals surface area contributed by atoms with Gasteiger partial charge in [0.05, 0.1) is 0 Å². The molecule has 4 atom stereocenters. The van der Waals surface area contributed by atoms with Crippen LogP contribution in [0.2, 0.25) is 0 Å². The third-order valence-corrected chi connectivity index (χ3v) is 4.39. The van der Waals surface area contributed by atoms with Crippen molar-refractivity contribution in [2.24, 2.45) is 29.1 Å². The molecular weight excluding hydrogens is 172 g/mol. The highest BCUT2D eigenvalue weighted by Crippen LogP contribution is 2.58. The topological polar surface area (TPSA) is 17.1 Å². The molecule has 0 N–H and O–H groups in total. The normalized spacial score (nSPS) is 41.7. The van der Waals surface area contributed by atoms with Gasteiger partial charge in [0.2, 0.25) is 0 Å². The van der Waals surface area contributed by atoms with Crippen molar-refractivity contribution < 1.29 is 4.79 Å². The molecule has 2 bridgehead atoms. The Labute approximate surface area is 87.3 Å². The minimum absolute atomic E-state index is 0.316. The first-order valence-electron chi connectivity index (χ1n) is 5.91. The van der Waals surface area contributed by atoms with Gasteiger partial charge in [0.15, 0.2) is 0 Å². The molecule has 1 nitrogen and oxygen atoms in total. The number of carbonyl (C=O) groups is 1. The van der Waals surface area contributed by atoms with Crippen molar-refractivity contribution in [2.45, 2.75) is 47.0 Å². The van der Waals surface area contributed by atoms with Gasteiger partial charge in [-0.15, -0.1) is 0 Å². The molecule has 0 aromatic carbocycles. The summed E-state index contributed by atoms with van der Waals surface area (Å²) in [5.41, 5.74) is 0.316. The summed E-state index contributed by atoms with van der Waals surface area (Å²) in [5, 5.41) is 0. The molecule has 14 heavy (non-hydrogen) atoms. The van der Waals surface area contributed by atoms with E-state index in [9.17, 15) is 4.79 Å². The predicted octanol–water partition coefficient (Wildman–Crippen LogP) is 3.28. The van der Waals surface area contributed by atoms with Gasteiger partial charge >= 0.3 is 0 Å². The van der Waals surface area contributed by atoms with Crippen molar-refractivity contribution in [3.63, 3.8) is 0 Å². The van der Waals surface area contributed by atoms with Crippen molar-refractivity contribution in [1.82, 2.24) is 0 Å². The van der Waals surface area contributed by atoms with E-state index in [0.29, 0.717) is 23.0 Å². The Bertz CT molecular complexity index is 248. The summed E-state index contributed by atoms with van der Waals surface area (Å²) < 4.78 is 0. The molecule has 0 aromatic heterocycles. The Morgan fingerprint density at radius 1 is 1.14 bits per heavy atom. The maximum absolute atomic E-state index is 11.7. The summed E-state index contributed by atoms with van der Waals surface area (Å²) >= 11 is 0. The van der Waals surface area contributed by atoms with Crippen molar-refractivity contribution in [1.29, 1.82) is 0 Å². The summed E-state index contributed by atoms with van der Waals surface area (Å²) in [6.07, 6.45) is 4.00. The number of hydrogen-bond acceptors (Lipinski definition) is 1. The zero-order valence-corrected chi connectivity index (χ0v) is 9.84. The SMILES string of the molecule is CC(=O)C1C2CCC(C2)C1C(C)(C)C. The van der Waals surface area contributed by atoms with Gasteiger partial charge < -0.3 is 0 Å². The lowest BCUT2D eigenvalue weighted by atomic mass is 9.65. The quantitative estimate of drug-likeness (QED) is 0.626. The van der Waals surface area contributed by atoms with Crippen LogP contribution >= 0.6 is 0 Å². The molecule has 2 aliphatic carbocycles. The molecule has 1 heteroatoms. The van der Waals surface area contributed by atoms with Crippen LogP contribution in [0, 0.1) is 29.1 Å². The maximum Gasteiger partial charge on any atom is 0.133 e. The van der Waals surface area contributed by atoms with Gasteiger partial charge in [-0.3, -0.25) is 4.79 Å². The van der Waals surface area contributed by atoms with Crippen molar-refractivity contribution in [3.05, 3.63) is 0 Å². The lowest BCUT2D eigenvalue weighted by molar-refractivity contribution is -0.125. The first-order chi connectivity index (χ1) is 6.41. The third-order valence-electron chi connectivity index (χ3n) is 4.39. The first-order valence-corrected chi connectivity index (χ1v) is 5.91. The van der Waals surface area contributed by atoms with Crippen molar-refractivity contribution in [2.75, 3.05) is 0 Å². The molecule has 0 aromatic rings. The van der Waals surface area contributed by atoms with E-state index in [1.165, 1.54) is 19.3 Å². The number of Topliss-reactive ketones (excluding diaryl/α,β-unsaturated/α-hetero) is 1. The van der Waals surface area contributed by atoms with Crippen LogP contribution in [0.3, 0.4) is 0 Å². The number of ketones is 1. The van der Waals surface area contributed by atoms with Gasteiger partial charge in [-0.05, 0) is 49.4 Å². The monoisotopic (exact) mass is 194 g/mol. The highest BCUT2D eigenvalue weighted by atomic mass is 16.1. The number of fused-ring (bicyclic) bond motifs is 2. The minimum atomic E-state index is 0.316. The Balaban J connectivity index is 2.26. The average molecular weight is 194 g/mol. The van der Waals surface area contributed by atoms with Crippen LogP contribution in [-0.2, 0) is 4.79 Å². The Morgan fingerprint density at radius 2 is 1.71 bits per heavy atom. The summed E-state index contributed by atoms with van der Waals surface area (Å²) in [6, 6.07) is 0. The fourth-order valence-electron chi connectivity index (χ4n) is 4.12. The van der Waals surface area contributed by atoms with E-state index in [-0.39, 0.29) is 0 Å². The largest absolute Gasteiger partial charge is 0.300 e. The van der Waals surface area contributed by atoms with Crippen molar-refractivity contribution in [3.8, 4) is 0 Å². The second-order valence-corrected chi connectivity index (χ2v) is 6.36. The van der Waals surface area contributed by atoms with Gasteiger partial charge in [0, 0.05) is 5.92 Å². The molecular formula is C13H22O. The van der Waals surface area contributed by atoms with Crippen LogP contribution in [0.25, 0.3) is 0 Å². The standard InChI is InChI=1S/C13H22O/c1-8(14)11-9-5-6-10(7-9)12(11)13(2,3)4/h9-12H,5-7H2,1-4H3. The van der Waals surface area contributed by atoms with E-state index in [1.807, 2.05) is 0 Å². The molecule has 2 aliphatic rings. The minimum Gasteiger partial charge on any atom is -0.300 e. The second-order valence-electron chi connectivity index (χ2n) is 6.36. The van der Waals surface area contributed by atoms with Gasteiger partial charge in [-0.1, -0.05) is 20.8 Å². The zero-order chi connectivity index (χ0) is 10.5. The van der Waals surface area contributed by atoms with Crippen LogP contribution in [-0.4, -0.2) is 5.78 Å². The van der Waals surface area contributed by atoms with E-state index < -0.39 is 0 Å². The fraction of sp³-hybridized carbons (Fsp3) is 0.923. The maximum atomic E-state index is 11.7. The molecule has 0 saturated heterocycles. The molecule has 2 fully saturated rings. The summed E-state index contributed by atoms with van der Waals surface area (Å²) in [6.45, 7) is 8.70. The lowest BCUT2D eigenvalue weighted by Gasteiger charge is -2.39. The van der Waals surface area contributed by atoms with Crippen molar-refractivity contribution >= 4 is 5.78 Å².